The Kier molecular flexibility index (Phi) is 8.27. The van der Waals surface area contributed by atoms with E-state index in [1.54, 1.807) is 35.9 Å². The number of carbonyl (C=O) groups excluding carboxylic acids is 1. The van der Waals surface area contributed by atoms with Crippen LogP contribution < -0.4 is 10.2 Å². The molecule has 0 fully saturated rings. The molecule has 0 aliphatic heterocycles. The summed E-state index contributed by atoms with van der Waals surface area (Å²) >= 11 is 5.94. The lowest BCUT2D eigenvalue weighted by molar-refractivity contribution is 0.0812. The van der Waals surface area contributed by atoms with Crippen molar-refractivity contribution in [3.63, 3.8) is 0 Å². The van der Waals surface area contributed by atoms with Gasteiger partial charge in [0.1, 0.15) is 17.9 Å². The predicted molar refractivity (Wildman–Crippen MR) is 129 cm³/mol. The second-order valence-corrected chi connectivity index (χ2v) is 8.05. The minimum absolute atomic E-state index is 0.00581. The van der Waals surface area contributed by atoms with Gasteiger partial charge >= 0.3 is 0 Å². The van der Waals surface area contributed by atoms with Crippen LogP contribution in [0.5, 0.6) is 5.75 Å². The number of aliphatic hydroxyl groups is 2. The number of hydrogen-bond acceptors (Lipinski definition) is 5. The lowest BCUT2D eigenvalue weighted by Gasteiger charge is -2.20. The highest BCUT2D eigenvalue weighted by Crippen LogP contribution is 2.27. The fourth-order valence-corrected chi connectivity index (χ4v) is 3.80. The van der Waals surface area contributed by atoms with Gasteiger partial charge in [-0.05, 0) is 48.2 Å². The van der Waals surface area contributed by atoms with Crippen molar-refractivity contribution < 1.29 is 19.7 Å². The second kappa shape index (κ2) is 11.1. The number of hydrogen-bond donors (Lipinski definition) is 2. The quantitative estimate of drug-likeness (QED) is 0.474. The second-order valence-electron chi connectivity index (χ2n) is 7.61. The zero-order valence-electron chi connectivity index (χ0n) is 18.5. The Balaban J connectivity index is 2.07. The van der Waals surface area contributed by atoms with Crippen LogP contribution in [-0.2, 0) is 20.0 Å². The molecule has 8 heteroatoms. The minimum atomic E-state index is -0.471. The summed E-state index contributed by atoms with van der Waals surface area (Å²) in [6, 6.07) is 10.6. The number of pyridine rings is 1. The first-order valence-electron chi connectivity index (χ1n) is 10.6. The number of fused-ring (bicyclic) bond motifs is 1. The van der Waals surface area contributed by atoms with E-state index in [1.807, 2.05) is 12.1 Å². The lowest BCUT2D eigenvalue weighted by atomic mass is 10.0. The molecule has 1 heterocycles. The molecular formula is C25H27ClN2O5. The highest BCUT2D eigenvalue weighted by molar-refractivity contribution is 6.30. The van der Waals surface area contributed by atoms with Crippen LogP contribution in [0.3, 0.4) is 0 Å². The third-order valence-corrected chi connectivity index (χ3v) is 5.50. The van der Waals surface area contributed by atoms with Crippen LogP contribution in [-0.4, -0.2) is 45.4 Å². The monoisotopic (exact) mass is 470 g/mol. The van der Waals surface area contributed by atoms with E-state index in [0.717, 1.165) is 11.1 Å². The van der Waals surface area contributed by atoms with Gasteiger partial charge in [-0.3, -0.25) is 9.59 Å². The molecule has 3 rings (SSSR count). The predicted octanol–water partition coefficient (Wildman–Crippen LogP) is 3.27. The van der Waals surface area contributed by atoms with E-state index >= 15 is 0 Å². The van der Waals surface area contributed by atoms with Crippen LogP contribution in [0.2, 0.25) is 5.02 Å². The fourth-order valence-electron chi connectivity index (χ4n) is 3.67. The molecule has 0 radical (unpaired) electrons. The van der Waals surface area contributed by atoms with Gasteiger partial charge < -0.3 is 24.4 Å². The van der Waals surface area contributed by atoms with E-state index in [-0.39, 0.29) is 31.9 Å². The minimum Gasteiger partial charge on any atom is -0.489 e. The van der Waals surface area contributed by atoms with Gasteiger partial charge in [-0.25, -0.2) is 0 Å². The molecular weight excluding hydrogens is 444 g/mol. The number of rotatable bonds is 10. The van der Waals surface area contributed by atoms with Crippen LogP contribution in [0.1, 0.15) is 27.9 Å². The lowest BCUT2D eigenvalue weighted by Crippen LogP contribution is -2.30. The molecule has 0 aliphatic rings. The number of aliphatic hydroxyl groups excluding tert-OH is 2. The van der Waals surface area contributed by atoms with Crippen molar-refractivity contribution in [3.05, 3.63) is 87.3 Å². The molecule has 0 aliphatic carbocycles. The maximum absolute atomic E-state index is 13.4. The van der Waals surface area contributed by atoms with Gasteiger partial charge in [0, 0.05) is 31.1 Å². The van der Waals surface area contributed by atoms with Crippen molar-refractivity contribution in [2.24, 2.45) is 7.05 Å². The van der Waals surface area contributed by atoms with Crippen LogP contribution in [0, 0.1) is 0 Å². The maximum atomic E-state index is 13.4. The summed E-state index contributed by atoms with van der Waals surface area (Å²) in [6.07, 6.45) is 3.95. The Morgan fingerprint density at radius 1 is 1.18 bits per heavy atom. The molecule has 0 spiro atoms. The highest BCUT2D eigenvalue weighted by atomic mass is 35.5. The molecule has 0 bridgehead atoms. The summed E-state index contributed by atoms with van der Waals surface area (Å²) in [6.45, 7) is 3.88. The molecule has 3 aromatic rings. The van der Waals surface area contributed by atoms with Crippen molar-refractivity contribution in [1.29, 1.82) is 0 Å². The van der Waals surface area contributed by atoms with Crippen LogP contribution in [0.25, 0.3) is 10.9 Å². The van der Waals surface area contributed by atoms with E-state index in [2.05, 4.69) is 6.58 Å². The van der Waals surface area contributed by atoms with Gasteiger partial charge in [0.2, 0.25) is 5.43 Å². The third-order valence-electron chi connectivity index (χ3n) is 5.25. The molecule has 0 unspecified atom stereocenters. The Morgan fingerprint density at radius 2 is 1.91 bits per heavy atom. The van der Waals surface area contributed by atoms with Crippen LogP contribution in [0.4, 0.5) is 0 Å². The van der Waals surface area contributed by atoms with Gasteiger partial charge in [-0.1, -0.05) is 30.3 Å². The van der Waals surface area contributed by atoms with E-state index < -0.39 is 11.3 Å². The van der Waals surface area contributed by atoms with Crippen molar-refractivity contribution in [2.45, 2.75) is 19.4 Å². The van der Waals surface area contributed by atoms with Gasteiger partial charge in [0.15, 0.2) is 0 Å². The Labute approximate surface area is 197 Å². The number of nitrogens with zero attached hydrogens (tertiary/aromatic N) is 2. The van der Waals surface area contributed by atoms with E-state index in [0.29, 0.717) is 34.5 Å². The van der Waals surface area contributed by atoms with Crippen molar-refractivity contribution in [1.82, 2.24) is 9.47 Å². The molecule has 33 heavy (non-hydrogen) atoms. The number of aryl methyl sites for hydroxylation is 2. The number of carbonyl (C=O) groups is 1. The molecule has 0 saturated carbocycles. The van der Waals surface area contributed by atoms with E-state index in [1.165, 1.54) is 17.3 Å². The van der Waals surface area contributed by atoms with E-state index in [9.17, 15) is 19.8 Å². The summed E-state index contributed by atoms with van der Waals surface area (Å²) in [5.41, 5.74) is 1.76. The molecule has 2 N–H and O–H groups in total. The average molecular weight is 471 g/mol. The van der Waals surface area contributed by atoms with Crippen LogP contribution >= 0.6 is 11.6 Å². The summed E-state index contributed by atoms with van der Waals surface area (Å²) in [5, 5.41) is 19.3. The summed E-state index contributed by atoms with van der Waals surface area (Å²) < 4.78 is 7.36. The molecule has 0 saturated heterocycles. The zero-order chi connectivity index (χ0) is 24.0. The van der Waals surface area contributed by atoms with Gasteiger partial charge in [-0.15, -0.1) is 0 Å². The smallest absolute Gasteiger partial charge is 0.263 e. The average Bonchev–Trinajstić information content (AvgIpc) is 2.82. The molecule has 7 nitrogen and oxygen atoms in total. The number of amides is 1. The normalized spacial score (nSPS) is 10.9. The Hall–Kier alpha value is -3.13. The molecule has 2 aromatic carbocycles. The topological polar surface area (TPSA) is 92.0 Å². The number of benzene rings is 2. The molecule has 174 valence electrons. The Morgan fingerprint density at radius 3 is 2.55 bits per heavy atom. The Bertz CT molecular complexity index is 1200. The van der Waals surface area contributed by atoms with E-state index in [4.69, 9.17) is 16.3 Å². The first kappa shape index (κ1) is 24.5. The van der Waals surface area contributed by atoms with Crippen molar-refractivity contribution in [3.8, 4) is 5.75 Å². The number of ether oxygens (including phenoxy) is 1. The first-order valence-corrected chi connectivity index (χ1v) is 11.0. The molecule has 0 atom stereocenters. The standard InChI is InChI=1S/C25H27ClN2O5/c1-3-28(15-17-6-8-19(26)9-7-17)25(32)21-16-27(2)23-20(24(21)31)13-18(5-4-10-29)14-22(23)33-12-11-30/h3,6-9,13-14,16,29-30H,1,4-5,10-12,15H2,2H3. The zero-order valence-corrected chi connectivity index (χ0v) is 19.2. The van der Waals surface area contributed by atoms with Crippen molar-refractivity contribution in [2.75, 3.05) is 19.8 Å². The van der Waals surface area contributed by atoms with Gasteiger partial charge in [0.05, 0.1) is 24.1 Å². The number of aromatic nitrogens is 1. The summed E-state index contributed by atoms with van der Waals surface area (Å²) in [7, 11) is 1.73. The summed E-state index contributed by atoms with van der Waals surface area (Å²) in [5.74, 6) is -0.0316. The number of halogens is 1. The van der Waals surface area contributed by atoms with Crippen molar-refractivity contribution >= 4 is 28.4 Å². The fraction of sp³-hybridized carbons (Fsp3) is 0.280. The highest BCUT2D eigenvalue weighted by Gasteiger charge is 2.21. The summed E-state index contributed by atoms with van der Waals surface area (Å²) in [4.78, 5) is 28.1. The SMILES string of the molecule is C=CN(Cc1ccc(Cl)cc1)C(=O)c1cn(C)c2c(OCCO)cc(CCCO)cc2c1=O. The first-order chi connectivity index (χ1) is 15.9. The molecule has 1 aromatic heterocycles. The largest absolute Gasteiger partial charge is 0.489 e. The van der Waals surface area contributed by atoms with Gasteiger partial charge in [-0.2, -0.15) is 0 Å². The maximum Gasteiger partial charge on any atom is 0.263 e. The third kappa shape index (κ3) is 5.63. The van der Waals surface area contributed by atoms with Crippen LogP contribution in [0.15, 0.2) is 60.2 Å². The van der Waals surface area contributed by atoms with Gasteiger partial charge in [0.25, 0.3) is 5.91 Å². The molecule has 1 amide bonds.